The molecule has 3 rings (SSSR count). The molecule has 2 fully saturated rings. The highest BCUT2D eigenvalue weighted by atomic mass is 16.5. The van der Waals surface area contributed by atoms with E-state index in [1.807, 2.05) is 12.1 Å². The maximum absolute atomic E-state index is 13.1. The number of rotatable bonds is 6. The van der Waals surface area contributed by atoms with Crippen LogP contribution in [0.4, 0.5) is 0 Å². The Labute approximate surface area is 164 Å². The predicted molar refractivity (Wildman–Crippen MR) is 109 cm³/mol. The van der Waals surface area contributed by atoms with E-state index in [9.17, 15) is 4.79 Å². The second-order valence-electron chi connectivity index (χ2n) is 8.02. The molecule has 5 heteroatoms. The maximum atomic E-state index is 13.1. The lowest BCUT2D eigenvalue weighted by Crippen LogP contribution is -2.50. The molecule has 2 saturated heterocycles. The first-order valence-corrected chi connectivity index (χ1v) is 10.5. The number of ether oxygens (including phenoxy) is 1. The first-order chi connectivity index (χ1) is 13.1. The third kappa shape index (κ3) is 5.02. The van der Waals surface area contributed by atoms with Gasteiger partial charge < -0.3 is 14.5 Å². The number of likely N-dealkylation sites (tertiary alicyclic amines) is 2. The molecule has 2 aliphatic rings. The minimum absolute atomic E-state index is 0.193. The van der Waals surface area contributed by atoms with E-state index in [1.54, 1.807) is 7.11 Å². The number of piperidine rings is 2. The van der Waals surface area contributed by atoms with Crippen molar-refractivity contribution in [1.29, 1.82) is 0 Å². The van der Waals surface area contributed by atoms with Gasteiger partial charge in [0.15, 0.2) is 0 Å². The average molecular weight is 374 g/mol. The lowest BCUT2D eigenvalue weighted by Gasteiger charge is -2.40. The fraction of sp³-hybridized carbons (Fsp3) is 0.682. The molecule has 150 valence electrons. The first kappa shape index (κ1) is 20.2. The smallest absolute Gasteiger partial charge is 0.226 e. The predicted octanol–water partition coefficient (Wildman–Crippen LogP) is 2.85. The molecule has 0 saturated carbocycles. The van der Waals surface area contributed by atoms with Crippen LogP contribution >= 0.6 is 0 Å². The first-order valence-electron chi connectivity index (χ1n) is 10.5. The van der Waals surface area contributed by atoms with Crippen LogP contribution in [0.1, 0.15) is 38.2 Å². The Morgan fingerprint density at radius 2 is 1.78 bits per heavy atom. The summed E-state index contributed by atoms with van der Waals surface area (Å²) in [6.45, 7) is 8.05. The Hall–Kier alpha value is -1.59. The quantitative estimate of drug-likeness (QED) is 0.768. The number of carbonyl (C=O) groups is 1. The summed E-state index contributed by atoms with van der Waals surface area (Å²) in [5.41, 5.74) is 1.23. The van der Waals surface area contributed by atoms with E-state index in [4.69, 9.17) is 4.74 Å². The number of nitrogens with zero attached hydrogens (tertiary/aromatic N) is 3. The van der Waals surface area contributed by atoms with Gasteiger partial charge >= 0.3 is 0 Å². The van der Waals surface area contributed by atoms with Crippen LogP contribution in [-0.4, -0.2) is 73.5 Å². The van der Waals surface area contributed by atoms with Gasteiger partial charge in [0.05, 0.1) is 7.11 Å². The van der Waals surface area contributed by atoms with Crippen molar-refractivity contribution < 1.29 is 9.53 Å². The molecule has 2 heterocycles. The van der Waals surface area contributed by atoms with Gasteiger partial charge in [0.2, 0.25) is 5.91 Å². The summed E-state index contributed by atoms with van der Waals surface area (Å²) in [4.78, 5) is 20.1. The van der Waals surface area contributed by atoms with E-state index in [-0.39, 0.29) is 5.92 Å². The maximum Gasteiger partial charge on any atom is 0.226 e. The molecule has 0 N–H and O–H groups in total. The molecule has 0 unspecified atom stereocenters. The second kappa shape index (κ2) is 9.56. The third-order valence-corrected chi connectivity index (χ3v) is 6.28. The van der Waals surface area contributed by atoms with Gasteiger partial charge in [0, 0.05) is 30.6 Å². The lowest BCUT2D eigenvalue weighted by atomic mass is 9.93. The molecular weight excluding hydrogens is 338 g/mol. The highest BCUT2D eigenvalue weighted by molar-refractivity contribution is 5.79. The van der Waals surface area contributed by atoms with Crippen LogP contribution in [0.2, 0.25) is 0 Å². The summed E-state index contributed by atoms with van der Waals surface area (Å²) in [5, 5.41) is 0. The Morgan fingerprint density at radius 3 is 2.41 bits per heavy atom. The van der Waals surface area contributed by atoms with Gasteiger partial charge in [-0.25, -0.2) is 0 Å². The highest BCUT2D eigenvalue weighted by Crippen LogP contribution is 2.26. The van der Waals surface area contributed by atoms with Crippen molar-refractivity contribution in [3.8, 4) is 5.75 Å². The number of hydrogen-bond donors (Lipinski definition) is 0. The van der Waals surface area contributed by atoms with Crippen LogP contribution < -0.4 is 4.74 Å². The van der Waals surface area contributed by atoms with Crippen molar-refractivity contribution >= 4 is 5.91 Å². The minimum Gasteiger partial charge on any atom is -0.496 e. The van der Waals surface area contributed by atoms with Crippen LogP contribution in [0.3, 0.4) is 0 Å². The SMILES string of the molecule is CCN(C(=O)C1CCN(Cc2ccccc2OC)CC1)C1CCN(C)CC1. The molecule has 1 aromatic rings. The Kier molecular flexibility index (Phi) is 7.13. The summed E-state index contributed by atoms with van der Waals surface area (Å²) in [5.74, 6) is 1.54. The molecule has 1 aromatic carbocycles. The van der Waals surface area contributed by atoms with Gasteiger partial charge in [-0.15, -0.1) is 0 Å². The van der Waals surface area contributed by atoms with Gasteiger partial charge in [0.1, 0.15) is 5.75 Å². The highest BCUT2D eigenvalue weighted by Gasteiger charge is 2.32. The van der Waals surface area contributed by atoms with Gasteiger partial charge in [-0.3, -0.25) is 9.69 Å². The van der Waals surface area contributed by atoms with Gasteiger partial charge in [0.25, 0.3) is 0 Å². The fourth-order valence-corrected chi connectivity index (χ4v) is 4.55. The number of hydrogen-bond acceptors (Lipinski definition) is 4. The normalized spacial score (nSPS) is 20.6. The number of benzene rings is 1. The van der Waals surface area contributed by atoms with E-state index in [2.05, 4.69) is 40.8 Å². The average Bonchev–Trinajstić information content (AvgIpc) is 2.71. The number of carbonyl (C=O) groups excluding carboxylic acids is 1. The van der Waals surface area contributed by atoms with E-state index in [1.165, 1.54) is 5.56 Å². The van der Waals surface area contributed by atoms with Gasteiger partial charge in [-0.2, -0.15) is 0 Å². The molecule has 27 heavy (non-hydrogen) atoms. The molecule has 0 aromatic heterocycles. The van der Waals surface area contributed by atoms with Crippen LogP contribution in [-0.2, 0) is 11.3 Å². The van der Waals surface area contributed by atoms with E-state index in [0.29, 0.717) is 11.9 Å². The van der Waals surface area contributed by atoms with E-state index >= 15 is 0 Å². The Balaban J connectivity index is 1.52. The summed E-state index contributed by atoms with van der Waals surface area (Å²) in [6.07, 6.45) is 4.17. The minimum atomic E-state index is 0.193. The molecule has 2 aliphatic heterocycles. The third-order valence-electron chi connectivity index (χ3n) is 6.28. The van der Waals surface area contributed by atoms with Crippen LogP contribution in [0, 0.1) is 5.92 Å². The van der Waals surface area contributed by atoms with E-state index in [0.717, 1.165) is 70.7 Å². The van der Waals surface area contributed by atoms with Crippen molar-refractivity contribution in [1.82, 2.24) is 14.7 Å². The second-order valence-corrected chi connectivity index (χ2v) is 8.02. The van der Waals surface area contributed by atoms with Crippen molar-refractivity contribution in [3.63, 3.8) is 0 Å². The monoisotopic (exact) mass is 373 g/mol. The van der Waals surface area contributed by atoms with Crippen LogP contribution in [0.15, 0.2) is 24.3 Å². The molecule has 5 nitrogen and oxygen atoms in total. The molecule has 0 aliphatic carbocycles. The number of para-hydroxylation sites is 1. The summed E-state index contributed by atoms with van der Waals surface area (Å²) in [6, 6.07) is 8.66. The number of amides is 1. The standard InChI is InChI=1S/C22H35N3O2/c1-4-25(20-11-13-23(2)14-12-20)22(26)18-9-15-24(16-10-18)17-19-7-5-6-8-21(19)27-3/h5-8,18,20H,4,9-17H2,1-3H3. The van der Waals surface area contributed by atoms with Crippen molar-refractivity contribution in [2.45, 2.75) is 45.2 Å². The van der Waals surface area contributed by atoms with Crippen LogP contribution in [0.25, 0.3) is 0 Å². The van der Waals surface area contributed by atoms with Crippen molar-refractivity contribution in [2.75, 3.05) is 46.9 Å². The molecule has 1 amide bonds. The summed E-state index contributed by atoms with van der Waals surface area (Å²) in [7, 11) is 3.90. The fourth-order valence-electron chi connectivity index (χ4n) is 4.55. The number of methoxy groups -OCH3 is 1. The zero-order valence-corrected chi connectivity index (χ0v) is 17.2. The zero-order chi connectivity index (χ0) is 19.2. The van der Waals surface area contributed by atoms with Crippen molar-refractivity contribution in [3.05, 3.63) is 29.8 Å². The summed E-state index contributed by atoms with van der Waals surface area (Å²) >= 11 is 0. The van der Waals surface area contributed by atoms with Crippen LogP contribution in [0.5, 0.6) is 5.75 Å². The van der Waals surface area contributed by atoms with Gasteiger partial charge in [-0.05, 0) is 71.9 Å². The van der Waals surface area contributed by atoms with E-state index < -0.39 is 0 Å². The summed E-state index contributed by atoms with van der Waals surface area (Å²) < 4.78 is 5.48. The molecule has 0 atom stereocenters. The Bertz CT molecular complexity index is 605. The Morgan fingerprint density at radius 1 is 1.11 bits per heavy atom. The largest absolute Gasteiger partial charge is 0.496 e. The molecule has 0 spiro atoms. The molecular formula is C22H35N3O2. The lowest BCUT2D eigenvalue weighted by molar-refractivity contribution is -0.140. The topological polar surface area (TPSA) is 36.0 Å². The zero-order valence-electron chi connectivity index (χ0n) is 17.2. The molecule has 0 radical (unpaired) electrons. The molecule has 0 bridgehead atoms. The van der Waals surface area contributed by atoms with Gasteiger partial charge in [-0.1, -0.05) is 18.2 Å². The van der Waals surface area contributed by atoms with Crippen molar-refractivity contribution in [2.24, 2.45) is 5.92 Å².